The summed E-state index contributed by atoms with van der Waals surface area (Å²) in [5.74, 6) is 0.364. The van der Waals surface area contributed by atoms with E-state index in [-0.39, 0.29) is 36.4 Å². The average Bonchev–Trinajstić information content (AvgIpc) is 2.94. The molecule has 1 heterocycles. The first-order valence-corrected chi connectivity index (χ1v) is 13.1. The predicted molar refractivity (Wildman–Crippen MR) is 146 cm³/mol. The fourth-order valence-electron chi connectivity index (χ4n) is 4.97. The summed E-state index contributed by atoms with van der Waals surface area (Å²) < 4.78 is 10.0. The van der Waals surface area contributed by atoms with Gasteiger partial charge in [0.2, 0.25) is 5.91 Å². The van der Waals surface area contributed by atoms with Gasteiger partial charge >= 0.3 is 6.09 Å². The first-order valence-electron chi connectivity index (χ1n) is 13.1. The Labute approximate surface area is 223 Å². The minimum Gasteiger partial charge on any atom is -0.497 e. The molecule has 1 aliphatic heterocycles. The molecule has 4 rings (SSSR count). The highest BCUT2D eigenvalue weighted by Gasteiger charge is 2.25. The van der Waals surface area contributed by atoms with Crippen molar-refractivity contribution in [2.24, 2.45) is 5.73 Å². The van der Waals surface area contributed by atoms with Crippen molar-refractivity contribution in [1.29, 1.82) is 0 Å². The topological polar surface area (TPSA) is 126 Å². The van der Waals surface area contributed by atoms with E-state index in [1.54, 1.807) is 24.1 Å². The lowest BCUT2D eigenvalue weighted by Crippen LogP contribution is -2.49. The lowest BCUT2D eigenvalue weighted by atomic mass is 9.91. The molecule has 204 valence electrons. The molecule has 0 radical (unpaired) electrons. The van der Waals surface area contributed by atoms with E-state index < -0.39 is 0 Å². The van der Waals surface area contributed by atoms with Gasteiger partial charge in [0.15, 0.2) is 0 Å². The van der Waals surface area contributed by atoms with E-state index in [0.717, 1.165) is 42.7 Å². The van der Waals surface area contributed by atoms with Crippen LogP contribution in [-0.2, 0) is 16.0 Å². The molecule has 10 heteroatoms. The molecule has 4 N–H and O–H groups in total. The SMILES string of the molecule is COC(=O)N1CCN(c2ccc(C(=O)NC3CCC(N)CC3)cc2NC(=O)Cc2ccc(OC)cc2)CC1. The lowest BCUT2D eigenvalue weighted by molar-refractivity contribution is -0.115. The highest BCUT2D eigenvalue weighted by atomic mass is 16.5. The normalized spacial score (nSPS) is 19.4. The summed E-state index contributed by atoms with van der Waals surface area (Å²) in [6.07, 6.45) is 3.34. The first kappa shape index (κ1) is 27.3. The molecule has 1 aliphatic carbocycles. The monoisotopic (exact) mass is 523 g/mol. The Morgan fingerprint density at radius 2 is 1.63 bits per heavy atom. The average molecular weight is 524 g/mol. The number of carbonyl (C=O) groups is 3. The number of hydrogen-bond donors (Lipinski definition) is 3. The van der Waals surface area contributed by atoms with Gasteiger partial charge < -0.3 is 35.6 Å². The number of nitrogens with zero attached hydrogens (tertiary/aromatic N) is 2. The molecule has 2 aromatic rings. The maximum atomic E-state index is 13.1. The summed E-state index contributed by atoms with van der Waals surface area (Å²) in [5.41, 5.74) is 8.70. The van der Waals surface area contributed by atoms with Crippen LogP contribution in [0.25, 0.3) is 0 Å². The summed E-state index contributed by atoms with van der Waals surface area (Å²) in [4.78, 5) is 41.8. The molecule has 1 saturated carbocycles. The van der Waals surface area contributed by atoms with Gasteiger partial charge in [0.25, 0.3) is 5.91 Å². The highest BCUT2D eigenvalue weighted by molar-refractivity contribution is 6.00. The Bertz CT molecular complexity index is 1120. The van der Waals surface area contributed by atoms with Crippen molar-refractivity contribution in [3.05, 3.63) is 53.6 Å². The van der Waals surface area contributed by atoms with Crippen LogP contribution < -0.4 is 26.0 Å². The summed E-state index contributed by atoms with van der Waals surface area (Å²) in [6.45, 7) is 2.14. The Morgan fingerprint density at radius 3 is 2.26 bits per heavy atom. The summed E-state index contributed by atoms with van der Waals surface area (Å²) >= 11 is 0. The molecule has 3 amide bonds. The quantitative estimate of drug-likeness (QED) is 0.509. The molecule has 10 nitrogen and oxygen atoms in total. The van der Waals surface area contributed by atoms with Crippen molar-refractivity contribution in [2.45, 2.75) is 44.2 Å². The third kappa shape index (κ3) is 6.95. The van der Waals surface area contributed by atoms with Crippen LogP contribution in [0.3, 0.4) is 0 Å². The van der Waals surface area contributed by atoms with Crippen LogP contribution in [-0.4, -0.2) is 75.3 Å². The van der Waals surface area contributed by atoms with Crippen LogP contribution in [0.4, 0.5) is 16.2 Å². The molecule has 0 aromatic heterocycles. The van der Waals surface area contributed by atoms with E-state index in [1.807, 2.05) is 30.3 Å². The van der Waals surface area contributed by atoms with E-state index >= 15 is 0 Å². The summed E-state index contributed by atoms with van der Waals surface area (Å²) in [7, 11) is 2.97. The first-order chi connectivity index (χ1) is 18.4. The maximum absolute atomic E-state index is 13.1. The molecule has 0 spiro atoms. The van der Waals surface area contributed by atoms with Crippen molar-refractivity contribution < 1.29 is 23.9 Å². The fourth-order valence-corrected chi connectivity index (χ4v) is 4.97. The highest BCUT2D eigenvalue weighted by Crippen LogP contribution is 2.29. The minimum atomic E-state index is -0.353. The standard InChI is InChI=1S/C28H37N5O5/c1-37-23-10-3-19(4-11-23)17-26(34)31-24-18-20(27(35)30-22-8-6-21(29)7-9-22)5-12-25(24)32-13-15-33(16-14-32)28(36)38-2/h3-5,10-12,18,21-22H,6-9,13-17,29H2,1-2H3,(H,30,35)(H,31,34). The summed E-state index contributed by atoms with van der Waals surface area (Å²) in [6, 6.07) is 13.0. The Kier molecular flexibility index (Phi) is 9.06. The van der Waals surface area contributed by atoms with Gasteiger partial charge in [0, 0.05) is 43.8 Å². The second-order valence-electron chi connectivity index (χ2n) is 9.83. The van der Waals surface area contributed by atoms with Gasteiger partial charge in [-0.2, -0.15) is 0 Å². The Morgan fingerprint density at radius 1 is 0.947 bits per heavy atom. The van der Waals surface area contributed by atoms with Crippen LogP contribution in [0, 0.1) is 0 Å². The number of benzene rings is 2. The number of piperazine rings is 1. The van der Waals surface area contributed by atoms with Crippen molar-refractivity contribution in [3.63, 3.8) is 0 Å². The number of nitrogens with one attached hydrogen (secondary N) is 2. The number of hydrogen-bond acceptors (Lipinski definition) is 7. The zero-order chi connectivity index (χ0) is 27.1. The molecule has 0 unspecified atom stereocenters. The lowest BCUT2D eigenvalue weighted by Gasteiger charge is -2.36. The third-order valence-electron chi connectivity index (χ3n) is 7.22. The number of rotatable bonds is 7. The number of nitrogens with two attached hydrogens (primary N) is 1. The zero-order valence-electron chi connectivity index (χ0n) is 22.1. The van der Waals surface area contributed by atoms with Crippen LogP contribution in [0.5, 0.6) is 5.75 Å². The molecule has 0 atom stereocenters. The molecular formula is C28H37N5O5. The number of amides is 3. The Balaban J connectivity index is 1.50. The van der Waals surface area contributed by atoms with Gasteiger partial charge in [-0.1, -0.05) is 12.1 Å². The zero-order valence-corrected chi connectivity index (χ0v) is 22.1. The maximum Gasteiger partial charge on any atom is 0.409 e. The van der Waals surface area contributed by atoms with Gasteiger partial charge in [-0.05, 0) is 61.6 Å². The van der Waals surface area contributed by atoms with Gasteiger partial charge in [-0.25, -0.2) is 4.79 Å². The van der Waals surface area contributed by atoms with Crippen LogP contribution in [0.1, 0.15) is 41.6 Å². The summed E-state index contributed by atoms with van der Waals surface area (Å²) in [5, 5.41) is 6.14. The Hall–Kier alpha value is -3.79. The van der Waals surface area contributed by atoms with Gasteiger partial charge in [-0.3, -0.25) is 9.59 Å². The predicted octanol–water partition coefficient (Wildman–Crippen LogP) is 2.76. The van der Waals surface area contributed by atoms with Gasteiger partial charge in [0.05, 0.1) is 32.0 Å². The molecular weight excluding hydrogens is 486 g/mol. The minimum absolute atomic E-state index is 0.0986. The van der Waals surface area contributed by atoms with Crippen molar-refractivity contribution in [1.82, 2.24) is 10.2 Å². The van der Waals surface area contributed by atoms with Gasteiger partial charge in [-0.15, -0.1) is 0 Å². The fraction of sp³-hybridized carbons (Fsp3) is 0.464. The number of methoxy groups -OCH3 is 2. The second kappa shape index (κ2) is 12.6. The molecule has 38 heavy (non-hydrogen) atoms. The third-order valence-corrected chi connectivity index (χ3v) is 7.22. The number of ether oxygens (including phenoxy) is 2. The van der Waals surface area contributed by atoms with Crippen molar-refractivity contribution in [2.75, 3.05) is 50.6 Å². The number of carbonyl (C=O) groups excluding carboxylic acids is 3. The van der Waals surface area contributed by atoms with Crippen molar-refractivity contribution >= 4 is 29.3 Å². The van der Waals surface area contributed by atoms with Crippen LogP contribution >= 0.6 is 0 Å². The van der Waals surface area contributed by atoms with E-state index in [0.29, 0.717) is 37.4 Å². The second-order valence-corrected chi connectivity index (χ2v) is 9.83. The molecule has 1 saturated heterocycles. The number of anilines is 2. The molecule has 0 bridgehead atoms. The molecule has 2 aliphatic rings. The van der Waals surface area contributed by atoms with Crippen molar-refractivity contribution in [3.8, 4) is 5.75 Å². The van der Waals surface area contributed by atoms with E-state index in [2.05, 4.69) is 15.5 Å². The van der Waals surface area contributed by atoms with E-state index in [1.165, 1.54) is 7.11 Å². The largest absolute Gasteiger partial charge is 0.497 e. The van der Waals surface area contributed by atoms with Crippen LogP contribution in [0.2, 0.25) is 0 Å². The van der Waals surface area contributed by atoms with E-state index in [9.17, 15) is 14.4 Å². The smallest absolute Gasteiger partial charge is 0.409 e. The van der Waals surface area contributed by atoms with Crippen LogP contribution in [0.15, 0.2) is 42.5 Å². The van der Waals surface area contributed by atoms with Gasteiger partial charge in [0.1, 0.15) is 5.75 Å². The molecule has 2 fully saturated rings. The molecule has 2 aromatic carbocycles. The van der Waals surface area contributed by atoms with E-state index in [4.69, 9.17) is 15.2 Å².